The lowest BCUT2D eigenvalue weighted by atomic mass is 9.90. The van der Waals surface area contributed by atoms with E-state index in [0.29, 0.717) is 60.3 Å². The van der Waals surface area contributed by atoms with Gasteiger partial charge in [0.05, 0.1) is 23.5 Å². The Labute approximate surface area is 348 Å². The number of amides is 3. The summed E-state index contributed by atoms with van der Waals surface area (Å²) in [6.07, 6.45) is 4.10. The van der Waals surface area contributed by atoms with E-state index in [-0.39, 0.29) is 36.7 Å². The average Bonchev–Trinajstić information content (AvgIpc) is 3.79. The van der Waals surface area contributed by atoms with Gasteiger partial charge in [0, 0.05) is 87.2 Å². The van der Waals surface area contributed by atoms with Crippen molar-refractivity contribution in [3.05, 3.63) is 83.0 Å². The first-order valence-corrected chi connectivity index (χ1v) is 21.5. The Morgan fingerprint density at radius 1 is 1.00 bits per heavy atom. The minimum absolute atomic E-state index is 0.103. The minimum Gasteiger partial charge on any atom is -0.472 e. The molecule has 0 bridgehead atoms. The number of rotatable bonds is 12. The van der Waals surface area contributed by atoms with Crippen molar-refractivity contribution in [2.24, 2.45) is 0 Å². The van der Waals surface area contributed by atoms with Gasteiger partial charge >= 0.3 is 8.60 Å². The maximum absolute atomic E-state index is 13.4. The van der Waals surface area contributed by atoms with Crippen molar-refractivity contribution >= 4 is 43.5 Å². The van der Waals surface area contributed by atoms with E-state index < -0.39 is 20.6 Å². The first kappa shape index (κ1) is 40.0. The molecule has 0 spiro atoms. The quantitative estimate of drug-likeness (QED) is 0.0916. The Bertz CT molecular complexity index is 2310. The van der Waals surface area contributed by atoms with E-state index >= 15 is 0 Å². The zero-order valence-electron chi connectivity index (χ0n) is 33.5. The molecule has 4 N–H and O–H groups in total. The molecule has 0 radical (unpaired) electrons. The first-order valence-electron chi connectivity index (χ1n) is 20.4. The molecular weight excluding hydrogens is 789 g/mol. The number of ether oxygens (including phenoxy) is 2. The molecule has 60 heavy (non-hydrogen) atoms. The molecule has 18 heteroatoms. The van der Waals surface area contributed by atoms with Crippen LogP contribution in [-0.2, 0) is 27.2 Å². The van der Waals surface area contributed by atoms with Crippen LogP contribution in [0.5, 0.6) is 11.6 Å². The Balaban J connectivity index is 0.814. The van der Waals surface area contributed by atoms with Crippen LogP contribution < -0.4 is 29.9 Å². The summed E-state index contributed by atoms with van der Waals surface area (Å²) in [7, 11) is -2.53. The lowest BCUT2D eigenvalue weighted by molar-refractivity contribution is -0.136. The summed E-state index contributed by atoms with van der Waals surface area (Å²) in [4.78, 5) is 69.3. The highest BCUT2D eigenvalue weighted by atomic mass is 31.2. The molecule has 9 rings (SSSR count). The van der Waals surface area contributed by atoms with Gasteiger partial charge < -0.3 is 39.3 Å². The van der Waals surface area contributed by atoms with E-state index in [9.17, 15) is 14.4 Å². The topological polar surface area (TPSA) is 195 Å². The number of nitrogens with one attached hydrogen (secondary N) is 2. The molecule has 3 fully saturated rings. The number of piperidine rings is 1. The summed E-state index contributed by atoms with van der Waals surface area (Å²) >= 11 is 0. The van der Waals surface area contributed by atoms with Crippen molar-refractivity contribution in [2.45, 2.75) is 70.3 Å². The van der Waals surface area contributed by atoms with Crippen LogP contribution in [0.2, 0.25) is 0 Å². The van der Waals surface area contributed by atoms with Crippen LogP contribution in [0.25, 0.3) is 11.3 Å². The molecule has 2 aromatic carbocycles. The standard InChI is InChI=1S/C42H48N9O8P/c1-3-42-19-30(23-51(42)35-18-33(46-47-38(35)44-24-42)31-6-4-5-7-36(31)57-25-58-60(55)56)59-40-26(2)16-27(20-43-40)21-48-12-14-49(15-13-48)29-9-8-28-22-50(41(54)32(28)17-29)34-10-11-37(52)45-39(34)53/h4-9,16-18,20,30,34,55-56H,3,10-15,19,21-25H2,1-2H3,(H,44,47)(H,45,52,53). The Morgan fingerprint density at radius 2 is 1.83 bits per heavy atom. The Morgan fingerprint density at radius 3 is 2.62 bits per heavy atom. The second kappa shape index (κ2) is 16.5. The van der Waals surface area contributed by atoms with Gasteiger partial charge in [-0.05, 0) is 67.3 Å². The number of imide groups is 1. The van der Waals surface area contributed by atoms with Gasteiger partial charge in [0.15, 0.2) is 12.6 Å². The van der Waals surface area contributed by atoms with E-state index in [1.165, 1.54) is 0 Å². The van der Waals surface area contributed by atoms with Crippen molar-refractivity contribution in [2.75, 3.05) is 61.2 Å². The molecule has 4 aromatic rings. The molecule has 5 aliphatic rings. The lowest BCUT2D eigenvalue weighted by Gasteiger charge is -2.43. The number of para-hydroxylation sites is 1. The van der Waals surface area contributed by atoms with Gasteiger partial charge in [0.25, 0.3) is 5.91 Å². The second-order valence-electron chi connectivity index (χ2n) is 16.1. The molecule has 0 saturated carbocycles. The number of piperazine rings is 1. The molecule has 3 unspecified atom stereocenters. The normalized spacial score (nSPS) is 22.7. The van der Waals surface area contributed by atoms with E-state index in [4.69, 9.17) is 28.8 Å². The highest BCUT2D eigenvalue weighted by Crippen LogP contribution is 2.45. The van der Waals surface area contributed by atoms with Gasteiger partial charge in [-0.15, -0.1) is 10.2 Å². The molecule has 3 amide bonds. The van der Waals surface area contributed by atoms with Crippen molar-refractivity contribution in [3.8, 4) is 22.9 Å². The fraction of sp³-hybridized carbons (Fsp3) is 0.429. The van der Waals surface area contributed by atoms with Gasteiger partial charge in [-0.25, -0.2) is 4.98 Å². The monoisotopic (exact) mass is 837 g/mol. The van der Waals surface area contributed by atoms with Crippen molar-refractivity contribution in [1.82, 2.24) is 30.3 Å². The maximum Gasteiger partial charge on any atom is 0.330 e. The van der Waals surface area contributed by atoms with Gasteiger partial charge in [0.1, 0.15) is 17.9 Å². The first-order chi connectivity index (χ1) is 29.1. The van der Waals surface area contributed by atoms with Gasteiger partial charge in [0.2, 0.25) is 17.7 Å². The third kappa shape index (κ3) is 7.83. The summed E-state index contributed by atoms with van der Waals surface area (Å²) in [5.74, 6) is 0.978. The average molecular weight is 838 g/mol. The number of nitrogens with zero attached hydrogens (tertiary/aromatic N) is 7. The molecule has 2 aromatic heterocycles. The molecule has 3 saturated heterocycles. The Kier molecular flexibility index (Phi) is 11.0. The Hall–Kier alpha value is -5.45. The fourth-order valence-corrected chi connectivity index (χ4v) is 9.39. The highest BCUT2D eigenvalue weighted by Gasteiger charge is 2.49. The van der Waals surface area contributed by atoms with Crippen LogP contribution in [0.4, 0.5) is 17.2 Å². The number of pyridine rings is 1. The molecule has 314 valence electrons. The van der Waals surface area contributed by atoms with Crippen LogP contribution >= 0.6 is 8.60 Å². The summed E-state index contributed by atoms with van der Waals surface area (Å²) in [6, 6.07) is 16.9. The van der Waals surface area contributed by atoms with E-state index in [0.717, 1.165) is 73.6 Å². The number of fused-ring (bicyclic) bond motifs is 4. The van der Waals surface area contributed by atoms with Crippen LogP contribution in [0.15, 0.2) is 60.8 Å². The molecule has 3 atom stereocenters. The van der Waals surface area contributed by atoms with Crippen molar-refractivity contribution in [3.63, 3.8) is 0 Å². The van der Waals surface area contributed by atoms with Crippen LogP contribution in [0.1, 0.15) is 59.7 Å². The predicted octanol–water partition coefficient (Wildman–Crippen LogP) is 3.73. The van der Waals surface area contributed by atoms with Crippen molar-refractivity contribution < 1.29 is 38.2 Å². The number of carbonyl (C=O) groups is 3. The maximum atomic E-state index is 13.4. The number of anilines is 3. The number of aromatic nitrogens is 3. The summed E-state index contributed by atoms with van der Waals surface area (Å²) < 4.78 is 17.2. The van der Waals surface area contributed by atoms with Crippen LogP contribution in [0, 0.1) is 6.92 Å². The minimum atomic E-state index is -2.53. The molecule has 0 aliphatic carbocycles. The van der Waals surface area contributed by atoms with Crippen LogP contribution in [-0.4, -0.2) is 116 Å². The summed E-state index contributed by atoms with van der Waals surface area (Å²) in [5.41, 5.74) is 6.70. The molecule has 7 heterocycles. The number of hydrogen-bond acceptors (Lipinski definition) is 15. The molecule has 17 nitrogen and oxygen atoms in total. The number of carbonyl (C=O) groups excluding carboxylic acids is 3. The number of hydrogen-bond donors (Lipinski definition) is 4. The van der Waals surface area contributed by atoms with E-state index in [1.54, 1.807) is 11.0 Å². The number of aryl methyl sites for hydroxylation is 1. The van der Waals surface area contributed by atoms with E-state index in [1.807, 2.05) is 49.5 Å². The third-order valence-corrected chi connectivity index (χ3v) is 12.8. The zero-order valence-corrected chi connectivity index (χ0v) is 34.4. The van der Waals surface area contributed by atoms with Gasteiger partial charge in [-0.2, -0.15) is 0 Å². The summed E-state index contributed by atoms with van der Waals surface area (Å²) in [5, 5.41) is 14.9. The zero-order chi connectivity index (χ0) is 41.5. The van der Waals surface area contributed by atoms with Crippen molar-refractivity contribution in [1.29, 1.82) is 0 Å². The smallest absolute Gasteiger partial charge is 0.330 e. The predicted molar refractivity (Wildman–Crippen MR) is 222 cm³/mol. The van der Waals surface area contributed by atoms with Gasteiger partial charge in [-0.3, -0.25) is 29.1 Å². The third-order valence-electron chi connectivity index (χ3n) is 12.4. The molecule has 5 aliphatic heterocycles. The lowest BCUT2D eigenvalue weighted by Crippen LogP contribution is -2.52. The fourth-order valence-electron chi connectivity index (χ4n) is 9.24. The van der Waals surface area contributed by atoms with Gasteiger partial charge in [-0.1, -0.05) is 25.1 Å². The van der Waals surface area contributed by atoms with Crippen LogP contribution in [0.3, 0.4) is 0 Å². The van der Waals surface area contributed by atoms with E-state index in [2.05, 4.69) is 54.6 Å². The highest BCUT2D eigenvalue weighted by molar-refractivity contribution is 7.39. The SMILES string of the molecule is CCC12CNc3nnc(-c4ccccc4OCOP(O)O)cc3N1CC(Oc1ncc(CN3CCN(c4ccc5c(c4)C(=O)N(C4CCC(=O)NC4=O)C5)CC3)cc1C)C2. The largest absolute Gasteiger partial charge is 0.472 e. The second-order valence-corrected chi connectivity index (χ2v) is 16.8. The number of benzene rings is 2. The summed E-state index contributed by atoms with van der Waals surface area (Å²) in [6.45, 7) is 9.75. The molecular formula is C42H48N9O8P.